The second-order valence-corrected chi connectivity index (χ2v) is 4.96. The average molecular weight is 209 g/mol. The summed E-state index contributed by atoms with van der Waals surface area (Å²) in [4.78, 5) is 11.9. The van der Waals surface area contributed by atoms with E-state index < -0.39 is 0 Å². The molecule has 1 aromatic rings. The molecule has 4 heteroatoms. The SMILES string of the molecule is CC(C)n1nccc1C(=O)NC(C)(C)C. The maximum absolute atomic E-state index is 11.9. The molecule has 0 aliphatic heterocycles. The van der Waals surface area contributed by atoms with E-state index in [1.165, 1.54) is 0 Å². The molecule has 1 heterocycles. The molecule has 15 heavy (non-hydrogen) atoms. The minimum atomic E-state index is -0.219. The van der Waals surface area contributed by atoms with E-state index in [-0.39, 0.29) is 17.5 Å². The van der Waals surface area contributed by atoms with Crippen molar-refractivity contribution in [3.63, 3.8) is 0 Å². The lowest BCUT2D eigenvalue weighted by atomic mass is 10.1. The highest BCUT2D eigenvalue weighted by atomic mass is 16.2. The van der Waals surface area contributed by atoms with E-state index in [0.29, 0.717) is 5.69 Å². The molecule has 0 spiro atoms. The average Bonchev–Trinajstić information content (AvgIpc) is 2.47. The number of rotatable bonds is 2. The highest BCUT2D eigenvalue weighted by Crippen LogP contribution is 2.09. The highest BCUT2D eigenvalue weighted by Gasteiger charge is 2.19. The topological polar surface area (TPSA) is 46.9 Å². The third-order valence-corrected chi connectivity index (χ3v) is 1.88. The third kappa shape index (κ3) is 3.08. The van der Waals surface area contributed by atoms with Crippen LogP contribution in [0, 0.1) is 0 Å². The molecule has 1 amide bonds. The summed E-state index contributed by atoms with van der Waals surface area (Å²) >= 11 is 0. The molecule has 0 aliphatic carbocycles. The fourth-order valence-electron chi connectivity index (χ4n) is 1.31. The summed E-state index contributed by atoms with van der Waals surface area (Å²) < 4.78 is 1.72. The minimum Gasteiger partial charge on any atom is -0.346 e. The minimum absolute atomic E-state index is 0.0753. The molecule has 0 saturated heterocycles. The first-order valence-electron chi connectivity index (χ1n) is 5.17. The summed E-state index contributed by atoms with van der Waals surface area (Å²) in [6, 6.07) is 1.93. The number of amides is 1. The molecule has 0 saturated carbocycles. The van der Waals surface area contributed by atoms with Gasteiger partial charge in [0.05, 0.1) is 0 Å². The van der Waals surface area contributed by atoms with Gasteiger partial charge in [-0.15, -0.1) is 0 Å². The van der Waals surface area contributed by atoms with E-state index in [1.54, 1.807) is 16.9 Å². The van der Waals surface area contributed by atoms with Crippen LogP contribution < -0.4 is 5.32 Å². The Labute approximate surface area is 90.7 Å². The van der Waals surface area contributed by atoms with Crippen molar-refractivity contribution >= 4 is 5.91 Å². The van der Waals surface area contributed by atoms with Gasteiger partial charge in [0.2, 0.25) is 0 Å². The summed E-state index contributed by atoms with van der Waals surface area (Å²) in [6.07, 6.45) is 1.65. The van der Waals surface area contributed by atoms with Crippen LogP contribution in [0.4, 0.5) is 0 Å². The first-order chi connectivity index (χ1) is 6.81. The Hall–Kier alpha value is -1.32. The van der Waals surface area contributed by atoms with Gasteiger partial charge in [-0.05, 0) is 40.7 Å². The molecule has 0 bridgehead atoms. The van der Waals surface area contributed by atoms with Crippen LogP contribution in [-0.4, -0.2) is 21.2 Å². The predicted octanol–water partition coefficient (Wildman–Crippen LogP) is 1.99. The molecule has 0 radical (unpaired) electrons. The van der Waals surface area contributed by atoms with E-state index in [1.807, 2.05) is 34.6 Å². The van der Waals surface area contributed by atoms with Gasteiger partial charge in [-0.2, -0.15) is 5.10 Å². The molecule has 0 fully saturated rings. The molecule has 1 aromatic heterocycles. The standard InChI is InChI=1S/C11H19N3O/c1-8(2)14-9(6-7-12-14)10(15)13-11(3,4)5/h6-8H,1-5H3,(H,13,15). The van der Waals surface area contributed by atoms with Crippen LogP contribution in [0.1, 0.15) is 51.1 Å². The van der Waals surface area contributed by atoms with Crippen molar-refractivity contribution in [2.45, 2.75) is 46.2 Å². The van der Waals surface area contributed by atoms with Crippen molar-refractivity contribution in [1.29, 1.82) is 0 Å². The Morgan fingerprint density at radius 3 is 2.53 bits per heavy atom. The molecule has 1 rings (SSSR count). The molecular weight excluding hydrogens is 190 g/mol. The lowest BCUT2D eigenvalue weighted by molar-refractivity contribution is 0.0906. The van der Waals surface area contributed by atoms with Gasteiger partial charge in [-0.1, -0.05) is 0 Å². The number of aromatic nitrogens is 2. The summed E-state index contributed by atoms with van der Waals surface area (Å²) in [6.45, 7) is 9.88. The third-order valence-electron chi connectivity index (χ3n) is 1.88. The summed E-state index contributed by atoms with van der Waals surface area (Å²) in [5.74, 6) is -0.0753. The van der Waals surface area contributed by atoms with Crippen LogP contribution in [0.5, 0.6) is 0 Å². The molecule has 0 unspecified atom stereocenters. The van der Waals surface area contributed by atoms with E-state index in [0.717, 1.165) is 0 Å². The molecule has 4 nitrogen and oxygen atoms in total. The van der Waals surface area contributed by atoms with E-state index in [2.05, 4.69) is 10.4 Å². The summed E-state index contributed by atoms with van der Waals surface area (Å²) in [5.41, 5.74) is 0.392. The largest absolute Gasteiger partial charge is 0.346 e. The normalized spacial score (nSPS) is 11.9. The van der Waals surface area contributed by atoms with E-state index >= 15 is 0 Å². The van der Waals surface area contributed by atoms with Crippen molar-refractivity contribution in [3.8, 4) is 0 Å². The second-order valence-electron chi connectivity index (χ2n) is 4.96. The first-order valence-corrected chi connectivity index (χ1v) is 5.17. The van der Waals surface area contributed by atoms with Crippen LogP contribution in [0.2, 0.25) is 0 Å². The van der Waals surface area contributed by atoms with Gasteiger partial charge in [0, 0.05) is 17.8 Å². The monoisotopic (exact) mass is 209 g/mol. The Morgan fingerprint density at radius 2 is 2.07 bits per heavy atom. The molecule has 0 aromatic carbocycles. The van der Waals surface area contributed by atoms with E-state index in [9.17, 15) is 4.79 Å². The maximum Gasteiger partial charge on any atom is 0.269 e. The fourth-order valence-corrected chi connectivity index (χ4v) is 1.31. The van der Waals surface area contributed by atoms with Crippen LogP contribution in [-0.2, 0) is 0 Å². The maximum atomic E-state index is 11.9. The van der Waals surface area contributed by atoms with Gasteiger partial charge in [0.15, 0.2) is 0 Å². The summed E-state index contributed by atoms with van der Waals surface area (Å²) in [5, 5.41) is 7.04. The number of carbonyl (C=O) groups excluding carboxylic acids is 1. The van der Waals surface area contributed by atoms with Crippen molar-refractivity contribution in [3.05, 3.63) is 18.0 Å². The highest BCUT2D eigenvalue weighted by molar-refractivity contribution is 5.92. The van der Waals surface area contributed by atoms with Gasteiger partial charge < -0.3 is 5.32 Å². The van der Waals surface area contributed by atoms with Gasteiger partial charge >= 0.3 is 0 Å². The van der Waals surface area contributed by atoms with Gasteiger partial charge in [-0.3, -0.25) is 9.48 Å². The number of nitrogens with zero attached hydrogens (tertiary/aromatic N) is 2. The molecule has 0 atom stereocenters. The van der Waals surface area contributed by atoms with Crippen LogP contribution in [0.25, 0.3) is 0 Å². The van der Waals surface area contributed by atoms with E-state index in [4.69, 9.17) is 0 Å². The van der Waals surface area contributed by atoms with Crippen LogP contribution in [0.15, 0.2) is 12.3 Å². The Morgan fingerprint density at radius 1 is 1.47 bits per heavy atom. The Balaban J connectivity index is 2.87. The Bertz CT molecular complexity index is 347. The van der Waals surface area contributed by atoms with Gasteiger partial charge in [0.25, 0.3) is 5.91 Å². The van der Waals surface area contributed by atoms with Crippen LogP contribution in [0.3, 0.4) is 0 Å². The number of hydrogen-bond acceptors (Lipinski definition) is 2. The number of hydrogen-bond donors (Lipinski definition) is 1. The zero-order valence-corrected chi connectivity index (χ0v) is 10.0. The predicted molar refractivity (Wildman–Crippen MR) is 59.8 cm³/mol. The second kappa shape index (κ2) is 4.04. The quantitative estimate of drug-likeness (QED) is 0.809. The Kier molecular flexibility index (Phi) is 3.17. The summed E-state index contributed by atoms with van der Waals surface area (Å²) in [7, 11) is 0. The number of nitrogens with one attached hydrogen (secondary N) is 1. The van der Waals surface area contributed by atoms with Crippen LogP contribution >= 0.6 is 0 Å². The van der Waals surface area contributed by atoms with Crippen molar-refractivity contribution in [2.24, 2.45) is 0 Å². The van der Waals surface area contributed by atoms with Crippen molar-refractivity contribution in [2.75, 3.05) is 0 Å². The first kappa shape index (κ1) is 11.8. The molecular formula is C11H19N3O. The molecule has 0 aliphatic rings. The zero-order chi connectivity index (χ0) is 11.6. The lowest BCUT2D eigenvalue weighted by Gasteiger charge is -2.21. The molecule has 1 N–H and O–H groups in total. The smallest absolute Gasteiger partial charge is 0.269 e. The van der Waals surface area contributed by atoms with Crippen molar-refractivity contribution < 1.29 is 4.79 Å². The fraction of sp³-hybridized carbons (Fsp3) is 0.636. The lowest BCUT2D eigenvalue weighted by Crippen LogP contribution is -2.41. The van der Waals surface area contributed by atoms with Gasteiger partial charge in [-0.25, -0.2) is 0 Å². The molecule has 84 valence electrons. The number of carbonyl (C=O) groups is 1. The van der Waals surface area contributed by atoms with Crippen molar-refractivity contribution in [1.82, 2.24) is 15.1 Å². The van der Waals surface area contributed by atoms with Gasteiger partial charge in [0.1, 0.15) is 5.69 Å². The zero-order valence-electron chi connectivity index (χ0n) is 10.0.